The summed E-state index contributed by atoms with van der Waals surface area (Å²) in [4.78, 5) is 17.9. The lowest BCUT2D eigenvalue weighted by Crippen LogP contribution is -2.22. The van der Waals surface area contributed by atoms with E-state index in [0.29, 0.717) is 5.15 Å². The van der Waals surface area contributed by atoms with Crippen molar-refractivity contribution in [2.75, 3.05) is 0 Å². The van der Waals surface area contributed by atoms with Crippen molar-refractivity contribution in [1.82, 2.24) is 9.97 Å². The molecule has 0 atom stereocenters. The SMILES string of the molecule is Cc1cnc(Cl)nc1Cl.O=C(c1ccccc1)C(F)(F)F. The molecule has 0 unspecified atom stereocenters. The minimum absolute atomic E-state index is 0.186. The second-order valence-corrected chi connectivity index (χ2v) is 4.50. The molecule has 0 bridgehead atoms. The Hall–Kier alpha value is -1.66. The number of nitrogens with zero attached hydrogens (tertiary/aromatic N) is 2. The molecule has 0 saturated heterocycles. The van der Waals surface area contributed by atoms with Crippen molar-refractivity contribution in [1.29, 1.82) is 0 Å². The van der Waals surface area contributed by atoms with Crippen LogP contribution in [0.5, 0.6) is 0 Å². The van der Waals surface area contributed by atoms with Crippen LogP contribution in [0, 0.1) is 6.92 Å². The van der Waals surface area contributed by atoms with Gasteiger partial charge in [-0.15, -0.1) is 0 Å². The van der Waals surface area contributed by atoms with Crippen molar-refractivity contribution in [2.24, 2.45) is 0 Å². The summed E-state index contributed by atoms with van der Waals surface area (Å²) >= 11 is 11.0. The van der Waals surface area contributed by atoms with Crippen molar-refractivity contribution in [3.05, 3.63) is 58.1 Å². The molecule has 1 aromatic carbocycles. The van der Waals surface area contributed by atoms with Gasteiger partial charge in [0.1, 0.15) is 5.15 Å². The number of hydrogen-bond acceptors (Lipinski definition) is 3. The molecule has 1 aromatic heterocycles. The van der Waals surface area contributed by atoms with Crippen LogP contribution in [0.25, 0.3) is 0 Å². The number of halogens is 5. The molecule has 0 radical (unpaired) electrons. The topological polar surface area (TPSA) is 42.9 Å². The molecule has 3 nitrogen and oxygen atoms in total. The van der Waals surface area contributed by atoms with E-state index in [-0.39, 0.29) is 10.8 Å². The molecule has 0 N–H and O–H groups in total. The maximum Gasteiger partial charge on any atom is 0.454 e. The summed E-state index contributed by atoms with van der Waals surface area (Å²) in [5.74, 6) is -1.80. The molecule has 0 aliphatic rings. The highest BCUT2D eigenvalue weighted by Crippen LogP contribution is 2.20. The predicted molar refractivity (Wildman–Crippen MR) is 73.6 cm³/mol. The Morgan fingerprint density at radius 3 is 2.14 bits per heavy atom. The van der Waals surface area contributed by atoms with Gasteiger partial charge in [-0.25, -0.2) is 9.97 Å². The van der Waals surface area contributed by atoms with Gasteiger partial charge >= 0.3 is 6.18 Å². The van der Waals surface area contributed by atoms with E-state index in [1.807, 2.05) is 6.92 Å². The third-order valence-corrected chi connectivity index (χ3v) is 2.74. The number of carbonyl (C=O) groups is 1. The number of aryl methyl sites for hydroxylation is 1. The van der Waals surface area contributed by atoms with Gasteiger partial charge in [0.2, 0.25) is 5.28 Å². The summed E-state index contributed by atoms with van der Waals surface area (Å²) in [5, 5.41) is 0.598. The Morgan fingerprint density at radius 2 is 1.71 bits per heavy atom. The molecule has 8 heteroatoms. The van der Waals surface area contributed by atoms with Gasteiger partial charge in [0.25, 0.3) is 5.78 Å². The number of ketones is 1. The summed E-state index contributed by atoms with van der Waals surface area (Å²) in [6, 6.07) is 6.59. The van der Waals surface area contributed by atoms with Crippen LogP contribution in [0.15, 0.2) is 36.5 Å². The summed E-state index contributed by atoms with van der Waals surface area (Å²) < 4.78 is 35.4. The zero-order valence-corrected chi connectivity index (χ0v) is 12.2. The lowest BCUT2D eigenvalue weighted by molar-refractivity contribution is -0.0885. The minimum Gasteiger partial charge on any atom is -0.284 e. The zero-order chi connectivity index (χ0) is 16.0. The lowest BCUT2D eigenvalue weighted by Gasteiger charge is -2.03. The van der Waals surface area contributed by atoms with Gasteiger partial charge in [-0.05, 0) is 18.5 Å². The van der Waals surface area contributed by atoms with Crippen LogP contribution < -0.4 is 0 Å². The van der Waals surface area contributed by atoms with Crippen LogP contribution in [0.3, 0.4) is 0 Å². The quantitative estimate of drug-likeness (QED) is 0.436. The second kappa shape index (κ2) is 7.38. The van der Waals surface area contributed by atoms with Crippen molar-refractivity contribution < 1.29 is 18.0 Å². The van der Waals surface area contributed by atoms with Crippen LogP contribution >= 0.6 is 23.2 Å². The number of Topliss-reactive ketones (excluding diaryl/α,β-unsaturated/α-hetero) is 1. The van der Waals surface area contributed by atoms with Crippen LogP contribution in [-0.2, 0) is 0 Å². The van der Waals surface area contributed by atoms with Crippen molar-refractivity contribution in [2.45, 2.75) is 13.1 Å². The van der Waals surface area contributed by atoms with E-state index in [2.05, 4.69) is 9.97 Å². The molecule has 0 aliphatic carbocycles. The monoisotopic (exact) mass is 336 g/mol. The molecule has 0 fully saturated rings. The Labute approximate surface area is 128 Å². The molecule has 2 rings (SSSR count). The molecule has 2 aromatic rings. The lowest BCUT2D eigenvalue weighted by atomic mass is 10.1. The summed E-state index contributed by atoms with van der Waals surface area (Å²) in [6.45, 7) is 1.82. The first-order valence-corrected chi connectivity index (χ1v) is 6.28. The molecular weight excluding hydrogens is 328 g/mol. The van der Waals surface area contributed by atoms with E-state index in [4.69, 9.17) is 23.2 Å². The molecule has 0 spiro atoms. The largest absolute Gasteiger partial charge is 0.454 e. The van der Waals surface area contributed by atoms with Gasteiger partial charge in [0.15, 0.2) is 0 Å². The third-order valence-electron chi connectivity index (χ3n) is 2.17. The predicted octanol–water partition coefficient (Wildman–Crippen LogP) is 4.52. The van der Waals surface area contributed by atoms with E-state index in [9.17, 15) is 18.0 Å². The van der Waals surface area contributed by atoms with Gasteiger partial charge in [-0.2, -0.15) is 13.2 Å². The molecule has 0 saturated carbocycles. The van der Waals surface area contributed by atoms with Crippen LogP contribution in [0.4, 0.5) is 13.2 Å². The normalized spacial score (nSPS) is 10.6. The first kappa shape index (κ1) is 17.4. The van der Waals surface area contributed by atoms with Crippen molar-refractivity contribution >= 4 is 29.0 Å². The Bertz CT molecular complexity index is 619. The molecule has 1 heterocycles. The number of aromatic nitrogens is 2. The summed E-state index contributed by atoms with van der Waals surface area (Å²) in [7, 11) is 0. The highest BCUT2D eigenvalue weighted by Gasteiger charge is 2.38. The van der Waals surface area contributed by atoms with E-state index >= 15 is 0 Å². The number of benzene rings is 1. The maximum absolute atomic E-state index is 11.8. The molecule has 21 heavy (non-hydrogen) atoms. The van der Waals surface area contributed by atoms with Gasteiger partial charge in [0.05, 0.1) is 0 Å². The van der Waals surface area contributed by atoms with Gasteiger partial charge in [-0.3, -0.25) is 4.79 Å². The highest BCUT2D eigenvalue weighted by molar-refractivity contribution is 6.32. The Morgan fingerprint density at radius 1 is 1.14 bits per heavy atom. The van der Waals surface area contributed by atoms with E-state index in [0.717, 1.165) is 17.7 Å². The van der Waals surface area contributed by atoms with Gasteiger partial charge in [0, 0.05) is 17.3 Å². The third kappa shape index (κ3) is 5.69. The number of alkyl halides is 3. The molecule has 112 valence electrons. The van der Waals surface area contributed by atoms with Crippen LogP contribution in [0.2, 0.25) is 10.4 Å². The van der Waals surface area contributed by atoms with Gasteiger partial charge in [-0.1, -0.05) is 41.9 Å². The zero-order valence-electron chi connectivity index (χ0n) is 10.7. The highest BCUT2D eigenvalue weighted by atomic mass is 35.5. The van der Waals surface area contributed by atoms with Crippen LogP contribution in [0.1, 0.15) is 15.9 Å². The average Bonchev–Trinajstić information content (AvgIpc) is 2.43. The molecule has 0 amide bonds. The maximum atomic E-state index is 11.8. The molecular formula is C13H9Cl2F3N2O. The van der Waals surface area contributed by atoms with Crippen molar-refractivity contribution in [3.63, 3.8) is 0 Å². The molecule has 0 aliphatic heterocycles. The van der Waals surface area contributed by atoms with E-state index in [1.54, 1.807) is 12.3 Å². The van der Waals surface area contributed by atoms with E-state index in [1.165, 1.54) is 12.1 Å². The fourth-order valence-corrected chi connectivity index (χ4v) is 1.46. The first-order chi connectivity index (χ1) is 9.71. The van der Waals surface area contributed by atoms with Crippen molar-refractivity contribution in [3.8, 4) is 0 Å². The minimum atomic E-state index is -4.78. The number of carbonyl (C=O) groups excluding carboxylic acids is 1. The van der Waals surface area contributed by atoms with Gasteiger partial charge < -0.3 is 0 Å². The Kier molecular flexibility index (Phi) is 6.11. The van der Waals surface area contributed by atoms with E-state index < -0.39 is 12.0 Å². The number of rotatable bonds is 1. The standard InChI is InChI=1S/C8H5F3O.C5H4Cl2N2/c9-8(10,11)7(12)6-4-2-1-3-5-6;1-3-2-8-5(7)9-4(3)6/h1-5H;2H,1H3. The fraction of sp³-hybridized carbons (Fsp3) is 0.154. The summed E-state index contributed by atoms with van der Waals surface area (Å²) in [5.41, 5.74) is 0.506. The summed E-state index contributed by atoms with van der Waals surface area (Å²) in [6.07, 6.45) is -3.20. The first-order valence-electron chi connectivity index (χ1n) is 5.53. The average molecular weight is 337 g/mol. The second-order valence-electron chi connectivity index (χ2n) is 3.81. The smallest absolute Gasteiger partial charge is 0.284 e. The van der Waals surface area contributed by atoms with Crippen LogP contribution in [-0.4, -0.2) is 21.9 Å². The Balaban J connectivity index is 0.000000219. The number of hydrogen-bond donors (Lipinski definition) is 0. The fourth-order valence-electron chi connectivity index (χ4n) is 1.15.